The van der Waals surface area contributed by atoms with Crippen molar-refractivity contribution in [2.45, 2.75) is 52.5 Å². The molecule has 1 atom stereocenters. The van der Waals surface area contributed by atoms with Gasteiger partial charge in [0.15, 0.2) is 5.82 Å². The summed E-state index contributed by atoms with van der Waals surface area (Å²) in [6.45, 7) is 15.5. The highest BCUT2D eigenvalue weighted by Crippen LogP contribution is 2.46. The molecule has 0 amide bonds. The van der Waals surface area contributed by atoms with Gasteiger partial charge in [-0.05, 0) is 49.9 Å². The molecule has 1 spiro atoms. The van der Waals surface area contributed by atoms with Crippen molar-refractivity contribution >= 4 is 11.5 Å². The van der Waals surface area contributed by atoms with Gasteiger partial charge in [-0.3, -0.25) is 0 Å². The molecule has 0 aliphatic carbocycles. The van der Waals surface area contributed by atoms with E-state index in [0.29, 0.717) is 11.8 Å². The van der Waals surface area contributed by atoms with Gasteiger partial charge >= 0.3 is 0 Å². The predicted molar refractivity (Wildman–Crippen MR) is 107 cm³/mol. The third-order valence-electron chi connectivity index (χ3n) is 5.61. The first-order valence-corrected chi connectivity index (χ1v) is 9.63. The molecule has 0 radical (unpaired) electrons. The summed E-state index contributed by atoms with van der Waals surface area (Å²) in [7, 11) is 0. The van der Waals surface area contributed by atoms with E-state index in [4.69, 9.17) is 0 Å². The quantitative estimate of drug-likeness (QED) is 0.844. The van der Waals surface area contributed by atoms with Crippen LogP contribution in [0.2, 0.25) is 0 Å². The van der Waals surface area contributed by atoms with Crippen LogP contribution in [0.25, 0.3) is 0 Å². The number of allylic oxidation sites excluding steroid dienone is 2. The molecule has 0 saturated carbocycles. The third-order valence-corrected chi connectivity index (χ3v) is 5.61. The van der Waals surface area contributed by atoms with Crippen LogP contribution in [-0.2, 0) is 0 Å². The average Bonchev–Trinajstić information content (AvgIpc) is 2.62. The number of piperidine rings is 1. The Labute approximate surface area is 152 Å². The standard InChI is InChI=1S/C21H32N4/c1-6-16(4)14-19-21(9-12-22-13-10-21)24-20-18(8-7-11-23-20)25(19)17(5)15(2)3/h7-8,11,14-16,22H,5-6,9-10,12-13H2,1-4H3,(H,23,24)/b19-14-. The lowest BCUT2D eigenvalue weighted by Crippen LogP contribution is -2.56. The molecular weight excluding hydrogens is 308 g/mol. The van der Waals surface area contributed by atoms with Gasteiger partial charge in [-0.15, -0.1) is 0 Å². The molecule has 2 N–H and O–H groups in total. The van der Waals surface area contributed by atoms with E-state index in [1.54, 1.807) is 0 Å². The first-order chi connectivity index (χ1) is 12.0. The molecule has 3 rings (SSSR count). The number of aromatic nitrogens is 1. The Hall–Kier alpha value is -1.81. The molecule has 0 aromatic carbocycles. The molecule has 0 bridgehead atoms. The Bertz CT molecular complexity index is 656. The monoisotopic (exact) mass is 340 g/mol. The van der Waals surface area contributed by atoms with Crippen LogP contribution in [0.3, 0.4) is 0 Å². The van der Waals surface area contributed by atoms with Gasteiger partial charge in [-0.25, -0.2) is 4.98 Å². The van der Waals surface area contributed by atoms with E-state index in [9.17, 15) is 0 Å². The smallest absolute Gasteiger partial charge is 0.151 e. The van der Waals surface area contributed by atoms with Gasteiger partial charge in [0, 0.05) is 17.6 Å². The number of pyridine rings is 1. The van der Waals surface area contributed by atoms with Gasteiger partial charge < -0.3 is 15.5 Å². The van der Waals surface area contributed by atoms with Crippen LogP contribution in [0.5, 0.6) is 0 Å². The second-order valence-corrected chi connectivity index (χ2v) is 7.75. The summed E-state index contributed by atoms with van der Waals surface area (Å²) < 4.78 is 0. The number of nitrogens with zero attached hydrogens (tertiary/aromatic N) is 2. The van der Waals surface area contributed by atoms with Crippen molar-refractivity contribution in [3.8, 4) is 0 Å². The lowest BCUT2D eigenvalue weighted by atomic mass is 9.80. The van der Waals surface area contributed by atoms with Crippen LogP contribution in [0.1, 0.15) is 47.0 Å². The van der Waals surface area contributed by atoms with Crippen LogP contribution in [0.4, 0.5) is 11.5 Å². The number of rotatable bonds is 4. The Morgan fingerprint density at radius 2 is 2.08 bits per heavy atom. The van der Waals surface area contributed by atoms with E-state index in [2.05, 4.69) is 66.9 Å². The van der Waals surface area contributed by atoms with Crippen LogP contribution in [0.15, 0.2) is 42.4 Å². The maximum Gasteiger partial charge on any atom is 0.151 e. The van der Waals surface area contributed by atoms with E-state index in [1.165, 1.54) is 5.70 Å². The molecule has 1 aromatic heterocycles. The van der Waals surface area contributed by atoms with Crippen LogP contribution in [0, 0.1) is 11.8 Å². The fraction of sp³-hybridized carbons (Fsp3) is 0.571. The van der Waals surface area contributed by atoms with E-state index >= 15 is 0 Å². The minimum absolute atomic E-state index is 0.0616. The second kappa shape index (κ2) is 7.20. The number of fused-ring (bicyclic) bond motifs is 1. The Morgan fingerprint density at radius 3 is 2.72 bits per heavy atom. The topological polar surface area (TPSA) is 40.2 Å². The minimum atomic E-state index is -0.0616. The highest BCUT2D eigenvalue weighted by atomic mass is 15.3. The molecule has 1 saturated heterocycles. The summed E-state index contributed by atoms with van der Waals surface area (Å²) in [5.41, 5.74) is 3.57. The number of hydrogen-bond donors (Lipinski definition) is 2. The van der Waals surface area contributed by atoms with Crippen molar-refractivity contribution in [2.75, 3.05) is 23.3 Å². The van der Waals surface area contributed by atoms with E-state index in [-0.39, 0.29) is 5.54 Å². The molecule has 1 unspecified atom stereocenters. The first-order valence-electron chi connectivity index (χ1n) is 9.63. The summed E-state index contributed by atoms with van der Waals surface area (Å²) in [6.07, 6.45) is 7.60. The van der Waals surface area contributed by atoms with Crippen molar-refractivity contribution in [3.63, 3.8) is 0 Å². The van der Waals surface area contributed by atoms with Gasteiger partial charge in [0.2, 0.25) is 0 Å². The van der Waals surface area contributed by atoms with Crippen molar-refractivity contribution in [3.05, 3.63) is 42.4 Å². The fourth-order valence-electron chi connectivity index (χ4n) is 3.73. The normalized spacial score (nSPS) is 22.0. The fourth-order valence-corrected chi connectivity index (χ4v) is 3.73. The molecule has 3 heterocycles. The molecule has 136 valence electrons. The molecular formula is C21H32N4. The second-order valence-electron chi connectivity index (χ2n) is 7.75. The lowest BCUT2D eigenvalue weighted by Gasteiger charge is -2.50. The zero-order valence-electron chi connectivity index (χ0n) is 16.1. The van der Waals surface area contributed by atoms with Crippen molar-refractivity contribution in [2.24, 2.45) is 11.8 Å². The van der Waals surface area contributed by atoms with Gasteiger partial charge in [0.05, 0.1) is 11.2 Å². The Morgan fingerprint density at radius 1 is 1.36 bits per heavy atom. The summed E-state index contributed by atoms with van der Waals surface area (Å²) >= 11 is 0. The average molecular weight is 341 g/mol. The van der Waals surface area contributed by atoms with E-state index < -0.39 is 0 Å². The highest BCUT2D eigenvalue weighted by Gasteiger charge is 2.44. The maximum absolute atomic E-state index is 4.65. The molecule has 2 aliphatic heterocycles. The number of nitrogens with one attached hydrogen (secondary N) is 2. The van der Waals surface area contributed by atoms with Crippen LogP contribution >= 0.6 is 0 Å². The molecule has 1 aromatic rings. The molecule has 2 aliphatic rings. The van der Waals surface area contributed by atoms with Gasteiger partial charge in [-0.1, -0.05) is 46.8 Å². The van der Waals surface area contributed by atoms with Crippen molar-refractivity contribution in [1.82, 2.24) is 10.3 Å². The summed E-state index contributed by atoms with van der Waals surface area (Å²) in [4.78, 5) is 7.04. The predicted octanol–water partition coefficient (Wildman–Crippen LogP) is 4.54. The summed E-state index contributed by atoms with van der Waals surface area (Å²) in [5.74, 6) is 1.89. The molecule has 4 nitrogen and oxygen atoms in total. The highest BCUT2D eigenvalue weighted by molar-refractivity contribution is 5.78. The summed E-state index contributed by atoms with van der Waals surface area (Å²) in [6, 6.07) is 4.17. The molecule has 1 fully saturated rings. The largest absolute Gasteiger partial charge is 0.357 e. The van der Waals surface area contributed by atoms with E-state index in [0.717, 1.165) is 49.6 Å². The van der Waals surface area contributed by atoms with Gasteiger partial charge in [-0.2, -0.15) is 0 Å². The SMILES string of the molecule is C=C(C(C)C)N1/C(=C\C(C)CC)C2(CCNCC2)Nc2ncccc21. The number of hydrogen-bond acceptors (Lipinski definition) is 4. The number of anilines is 2. The molecule has 4 heteroatoms. The van der Waals surface area contributed by atoms with Crippen molar-refractivity contribution in [1.29, 1.82) is 0 Å². The van der Waals surface area contributed by atoms with Crippen LogP contribution in [-0.4, -0.2) is 23.6 Å². The van der Waals surface area contributed by atoms with Gasteiger partial charge in [0.1, 0.15) is 0 Å². The zero-order chi connectivity index (χ0) is 18.0. The van der Waals surface area contributed by atoms with Crippen molar-refractivity contribution < 1.29 is 0 Å². The lowest BCUT2D eigenvalue weighted by molar-refractivity contribution is 0.369. The zero-order valence-corrected chi connectivity index (χ0v) is 16.1. The van der Waals surface area contributed by atoms with Crippen LogP contribution < -0.4 is 15.5 Å². The minimum Gasteiger partial charge on any atom is -0.357 e. The van der Waals surface area contributed by atoms with Gasteiger partial charge in [0.25, 0.3) is 0 Å². The Balaban J connectivity index is 2.18. The third kappa shape index (κ3) is 3.32. The maximum atomic E-state index is 4.65. The summed E-state index contributed by atoms with van der Waals surface area (Å²) in [5, 5.41) is 7.32. The first kappa shape index (κ1) is 18.0. The Kier molecular flexibility index (Phi) is 5.19. The van der Waals surface area contributed by atoms with E-state index in [1.807, 2.05) is 12.3 Å². The molecule has 25 heavy (non-hydrogen) atoms.